The maximum Gasteiger partial charge on any atom is 0.254 e. The van der Waals surface area contributed by atoms with E-state index in [2.05, 4.69) is 6.58 Å². The van der Waals surface area contributed by atoms with Gasteiger partial charge in [-0.05, 0) is 44.7 Å². The highest BCUT2D eigenvalue weighted by Crippen LogP contribution is 2.34. The Morgan fingerprint density at radius 2 is 2.12 bits per heavy atom. The summed E-state index contributed by atoms with van der Waals surface area (Å²) >= 11 is 0. The van der Waals surface area contributed by atoms with Gasteiger partial charge in [-0.1, -0.05) is 6.08 Å². The van der Waals surface area contributed by atoms with E-state index in [1.54, 1.807) is 26.4 Å². The maximum absolute atomic E-state index is 13.1. The zero-order valence-electron chi connectivity index (χ0n) is 15.3. The Morgan fingerprint density at radius 1 is 1.40 bits per heavy atom. The molecule has 1 aliphatic heterocycles. The van der Waals surface area contributed by atoms with Gasteiger partial charge in [0.05, 0.1) is 14.2 Å². The molecule has 2 unspecified atom stereocenters. The minimum atomic E-state index is -0.0398. The van der Waals surface area contributed by atoms with Gasteiger partial charge in [0.2, 0.25) is 0 Å². The zero-order chi connectivity index (χ0) is 17.7. The predicted molar refractivity (Wildman–Crippen MR) is 103 cm³/mol. The van der Waals surface area contributed by atoms with E-state index in [4.69, 9.17) is 15.2 Å². The molecule has 0 aliphatic carbocycles. The van der Waals surface area contributed by atoms with Crippen LogP contribution in [0, 0.1) is 0 Å². The molecule has 1 saturated heterocycles. The lowest BCUT2D eigenvalue weighted by molar-refractivity contribution is 0.0583. The average molecular weight is 369 g/mol. The van der Waals surface area contributed by atoms with Gasteiger partial charge in [0.25, 0.3) is 5.91 Å². The van der Waals surface area contributed by atoms with Gasteiger partial charge >= 0.3 is 0 Å². The van der Waals surface area contributed by atoms with Crippen LogP contribution in [0.3, 0.4) is 0 Å². The van der Waals surface area contributed by atoms with Crippen molar-refractivity contribution in [2.45, 2.75) is 44.7 Å². The molecule has 25 heavy (non-hydrogen) atoms. The number of piperidine rings is 1. The van der Waals surface area contributed by atoms with Crippen molar-refractivity contribution in [2.24, 2.45) is 5.73 Å². The summed E-state index contributed by atoms with van der Waals surface area (Å²) in [5.74, 6) is 1.22. The van der Waals surface area contributed by atoms with Crippen LogP contribution in [-0.4, -0.2) is 43.7 Å². The molecule has 1 aromatic carbocycles. The third-order valence-electron chi connectivity index (χ3n) is 4.58. The normalized spacial score (nSPS) is 18.1. The Kier molecular flexibility index (Phi) is 8.26. The number of hydrogen-bond acceptors (Lipinski definition) is 4. The number of benzene rings is 1. The number of carbonyl (C=O) groups excluding carboxylic acids is 1. The van der Waals surface area contributed by atoms with Gasteiger partial charge in [0.1, 0.15) is 0 Å². The summed E-state index contributed by atoms with van der Waals surface area (Å²) in [7, 11) is 3.18. The number of carbonyl (C=O) groups is 1. The van der Waals surface area contributed by atoms with Gasteiger partial charge < -0.3 is 20.1 Å². The minimum absolute atomic E-state index is 0. The molecule has 0 spiro atoms. The van der Waals surface area contributed by atoms with Crippen molar-refractivity contribution in [3.63, 3.8) is 0 Å². The van der Waals surface area contributed by atoms with Gasteiger partial charge in [-0.2, -0.15) is 0 Å². The molecule has 140 valence electrons. The molecular formula is C19H29ClN2O3. The lowest BCUT2D eigenvalue weighted by Crippen LogP contribution is -2.51. The number of hydrogen-bond donors (Lipinski definition) is 1. The van der Waals surface area contributed by atoms with Crippen LogP contribution in [0.25, 0.3) is 0 Å². The molecule has 2 rings (SSSR count). The third kappa shape index (κ3) is 4.67. The fraction of sp³-hybridized carbons (Fsp3) is 0.526. The van der Waals surface area contributed by atoms with E-state index >= 15 is 0 Å². The van der Waals surface area contributed by atoms with Crippen molar-refractivity contribution in [3.05, 3.63) is 35.9 Å². The number of likely N-dealkylation sites (tertiary alicyclic amines) is 1. The molecule has 0 saturated carbocycles. The lowest BCUT2D eigenvalue weighted by atomic mass is 9.95. The second-order valence-corrected chi connectivity index (χ2v) is 6.28. The molecule has 2 atom stereocenters. The summed E-state index contributed by atoms with van der Waals surface area (Å²) in [5.41, 5.74) is 7.60. The third-order valence-corrected chi connectivity index (χ3v) is 4.58. The Labute approximate surface area is 156 Å². The quantitative estimate of drug-likeness (QED) is 0.783. The first-order valence-electron chi connectivity index (χ1n) is 8.45. The van der Waals surface area contributed by atoms with Gasteiger partial charge in [-0.25, -0.2) is 0 Å². The highest BCUT2D eigenvalue weighted by Gasteiger charge is 2.30. The van der Waals surface area contributed by atoms with Gasteiger partial charge in [0.15, 0.2) is 11.5 Å². The lowest BCUT2D eigenvalue weighted by Gasteiger charge is -2.38. The second-order valence-electron chi connectivity index (χ2n) is 6.28. The Morgan fingerprint density at radius 3 is 2.68 bits per heavy atom. The van der Waals surface area contributed by atoms with Gasteiger partial charge in [-0.15, -0.1) is 19.0 Å². The van der Waals surface area contributed by atoms with E-state index in [-0.39, 0.29) is 30.4 Å². The zero-order valence-corrected chi connectivity index (χ0v) is 16.1. The first kappa shape index (κ1) is 21.3. The van der Waals surface area contributed by atoms with Crippen LogP contribution < -0.4 is 15.2 Å². The SMILES string of the molecule is C=CCc1cc(C(=O)N2CCCCC2C(C)N)cc(OC)c1OC.Cl. The summed E-state index contributed by atoms with van der Waals surface area (Å²) in [6.45, 7) is 6.49. The van der Waals surface area contributed by atoms with Crippen LogP contribution in [0.15, 0.2) is 24.8 Å². The molecule has 0 bridgehead atoms. The maximum atomic E-state index is 13.1. The monoisotopic (exact) mass is 368 g/mol. The molecule has 1 aromatic rings. The van der Waals surface area contributed by atoms with E-state index in [0.29, 0.717) is 23.5 Å². The number of nitrogens with zero attached hydrogens (tertiary/aromatic N) is 1. The first-order valence-corrected chi connectivity index (χ1v) is 8.45. The molecule has 2 N–H and O–H groups in total. The minimum Gasteiger partial charge on any atom is -0.493 e. The molecule has 1 amide bonds. The number of nitrogens with two attached hydrogens (primary N) is 1. The van der Waals surface area contributed by atoms with Crippen LogP contribution in [0.2, 0.25) is 0 Å². The highest BCUT2D eigenvalue weighted by atomic mass is 35.5. The number of amides is 1. The number of allylic oxidation sites excluding steroid dienone is 1. The predicted octanol–water partition coefficient (Wildman–Crippen LogP) is 3.20. The van der Waals surface area contributed by atoms with E-state index in [9.17, 15) is 4.79 Å². The van der Waals surface area contributed by atoms with E-state index in [1.165, 1.54) is 0 Å². The van der Waals surface area contributed by atoms with Crippen molar-refractivity contribution in [3.8, 4) is 11.5 Å². The molecule has 1 aliphatic rings. The first-order chi connectivity index (χ1) is 11.5. The van der Waals surface area contributed by atoms with Crippen molar-refractivity contribution >= 4 is 18.3 Å². The van der Waals surface area contributed by atoms with Crippen molar-refractivity contribution in [2.75, 3.05) is 20.8 Å². The molecule has 5 nitrogen and oxygen atoms in total. The Balaban J connectivity index is 0.00000312. The number of rotatable bonds is 6. The molecule has 0 radical (unpaired) electrons. The largest absolute Gasteiger partial charge is 0.493 e. The van der Waals surface area contributed by atoms with Crippen molar-refractivity contribution in [1.29, 1.82) is 0 Å². The van der Waals surface area contributed by atoms with Crippen LogP contribution in [0.4, 0.5) is 0 Å². The van der Waals surface area contributed by atoms with Gasteiger partial charge in [0, 0.05) is 29.8 Å². The average Bonchev–Trinajstić information content (AvgIpc) is 2.60. The molecule has 6 heteroatoms. The van der Waals surface area contributed by atoms with Crippen molar-refractivity contribution in [1.82, 2.24) is 4.90 Å². The Hall–Kier alpha value is -1.72. The standard InChI is InChI=1S/C19H28N2O3.ClH/c1-5-8-14-11-15(12-17(23-3)18(14)24-4)19(22)21-10-7-6-9-16(21)13(2)20;/h5,11-13,16H,1,6-10,20H2,2-4H3;1H. The smallest absolute Gasteiger partial charge is 0.254 e. The van der Waals surface area contributed by atoms with E-state index in [0.717, 1.165) is 31.4 Å². The van der Waals surface area contributed by atoms with Crippen LogP contribution in [0.1, 0.15) is 42.1 Å². The molecular weight excluding hydrogens is 340 g/mol. The second kappa shape index (κ2) is 9.68. The van der Waals surface area contributed by atoms with Crippen LogP contribution in [-0.2, 0) is 6.42 Å². The number of methoxy groups -OCH3 is 2. The topological polar surface area (TPSA) is 64.8 Å². The molecule has 0 aromatic heterocycles. The Bertz CT molecular complexity index is 605. The summed E-state index contributed by atoms with van der Waals surface area (Å²) in [6.07, 6.45) is 5.48. The summed E-state index contributed by atoms with van der Waals surface area (Å²) in [6, 6.07) is 3.67. The number of halogens is 1. The van der Waals surface area contributed by atoms with Gasteiger partial charge in [-0.3, -0.25) is 4.79 Å². The van der Waals surface area contributed by atoms with E-state index < -0.39 is 0 Å². The summed E-state index contributed by atoms with van der Waals surface area (Å²) in [4.78, 5) is 15.0. The number of ether oxygens (including phenoxy) is 2. The highest BCUT2D eigenvalue weighted by molar-refractivity contribution is 5.95. The van der Waals surface area contributed by atoms with Crippen LogP contribution in [0.5, 0.6) is 11.5 Å². The summed E-state index contributed by atoms with van der Waals surface area (Å²) in [5, 5.41) is 0. The summed E-state index contributed by atoms with van der Waals surface area (Å²) < 4.78 is 10.9. The van der Waals surface area contributed by atoms with Crippen LogP contribution >= 0.6 is 12.4 Å². The van der Waals surface area contributed by atoms with Crippen molar-refractivity contribution < 1.29 is 14.3 Å². The fourth-order valence-electron chi connectivity index (χ4n) is 3.40. The molecule has 1 fully saturated rings. The van der Waals surface area contributed by atoms with E-state index in [1.807, 2.05) is 17.9 Å². The molecule has 1 heterocycles. The fourth-order valence-corrected chi connectivity index (χ4v) is 3.40.